The number of hydrogen-bond donors (Lipinski definition) is 1. The second-order valence-corrected chi connectivity index (χ2v) is 3.77. The van der Waals surface area contributed by atoms with Gasteiger partial charge in [0.05, 0.1) is 5.97 Å². The van der Waals surface area contributed by atoms with E-state index in [1.165, 1.54) is 11.8 Å². The number of anilines is 2. The Hall–Kier alpha value is -2.63. The number of nitrogens with one attached hydrogen (secondary N) is 1. The average molecular weight is 261 g/mol. The Morgan fingerprint density at radius 3 is 2.21 bits per heavy atom. The molecule has 1 rings (SSSR count). The number of hydrogen-bond acceptors (Lipinski definition) is 4. The molecule has 6 heteroatoms. The Bertz CT molecular complexity index is 520. The second kappa shape index (κ2) is 6.34. The van der Waals surface area contributed by atoms with Crippen molar-refractivity contribution in [3.63, 3.8) is 0 Å². The van der Waals surface area contributed by atoms with E-state index in [1.807, 2.05) is 0 Å². The van der Waals surface area contributed by atoms with E-state index in [2.05, 4.69) is 5.32 Å². The first-order valence-corrected chi connectivity index (χ1v) is 5.44. The average Bonchev–Trinajstić information content (AvgIpc) is 2.36. The molecule has 0 aliphatic heterocycles. The summed E-state index contributed by atoms with van der Waals surface area (Å²) in [7, 11) is 1.64. The first-order chi connectivity index (χ1) is 8.90. The Kier molecular flexibility index (Phi) is 4.82. The summed E-state index contributed by atoms with van der Waals surface area (Å²) in [5.74, 6) is -2.11. The van der Waals surface area contributed by atoms with Gasteiger partial charge in [0.2, 0.25) is 11.8 Å². The topological polar surface area (TPSA) is 89.5 Å². The molecule has 0 bridgehead atoms. The Morgan fingerprint density at radius 2 is 1.74 bits per heavy atom. The van der Waals surface area contributed by atoms with E-state index in [0.29, 0.717) is 17.5 Å². The SMILES string of the molecule is CC(=O)N(C)c1ccc(NC(=O)C=CC(=O)[O-])cc1. The van der Waals surface area contributed by atoms with Crippen molar-refractivity contribution in [1.29, 1.82) is 0 Å². The van der Waals surface area contributed by atoms with Crippen molar-refractivity contribution in [3.05, 3.63) is 36.4 Å². The molecule has 1 aromatic carbocycles. The summed E-state index contributed by atoms with van der Waals surface area (Å²) >= 11 is 0. The van der Waals surface area contributed by atoms with Crippen LogP contribution in [0.2, 0.25) is 0 Å². The van der Waals surface area contributed by atoms with Crippen molar-refractivity contribution in [2.24, 2.45) is 0 Å². The Balaban J connectivity index is 2.69. The third kappa shape index (κ3) is 4.63. The summed E-state index contributed by atoms with van der Waals surface area (Å²) in [6.07, 6.45) is 1.51. The molecule has 0 spiro atoms. The predicted octanol–water partition coefficient (Wildman–Crippen LogP) is -0.0861. The van der Waals surface area contributed by atoms with E-state index in [1.54, 1.807) is 31.3 Å². The van der Waals surface area contributed by atoms with Crippen LogP contribution in [-0.2, 0) is 14.4 Å². The van der Waals surface area contributed by atoms with Gasteiger partial charge in [-0.2, -0.15) is 0 Å². The van der Waals surface area contributed by atoms with Crippen molar-refractivity contribution in [2.45, 2.75) is 6.92 Å². The number of carbonyl (C=O) groups excluding carboxylic acids is 3. The van der Waals surface area contributed by atoms with Crippen LogP contribution >= 0.6 is 0 Å². The lowest BCUT2D eigenvalue weighted by molar-refractivity contribution is -0.297. The van der Waals surface area contributed by atoms with Crippen molar-refractivity contribution >= 4 is 29.2 Å². The predicted molar refractivity (Wildman–Crippen MR) is 68.3 cm³/mol. The smallest absolute Gasteiger partial charge is 0.248 e. The van der Waals surface area contributed by atoms with Crippen LogP contribution in [0, 0.1) is 0 Å². The molecule has 6 nitrogen and oxygen atoms in total. The van der Waals surface area contributed by atoms with E-state index in [9.17, 15) is 19.5 Å². The fourth-order valence-corrected chi connectivity index (χ4v) is 1.28. The lowest BCUT2D eigenvalue weighted by atomic mass is 10.2. The van der Waals surface area contributed by atoms with Crippen LogP contribution in [0.1, 0.15) is 6.92 Å². The van der Waals surface area contributed by atoms with Crippen LogP contribution in [0.3, 0.4) is 0 Å². The normalized spacial score (nSPS) is 10.2. The zero-order valence-electron chi connectivity index (χ0n) is 10.5. The van der Waals surface area contributed by atoms with Gasteiger partial charge in [-0.05, 0) is 30.3 Å². The van der Waals surface area contributed by atoms with Gasteiger partial charge in [-0.25, -0.2) is 0 Å². The number of carboxylic acids is 1. The minimum Gasteiger partial charge on any atom is -0.545 e. The third-order valence-electron chi connectivity index (χ3n) is 2.37. The van der Waals surface area contributed by atoms with Crippen LogP contribution in [0.15, 0.2) is 36.4 Å². The molecule has 1 aromatic rings. The van der Waals surface area contributed by atoms with E-state index in [4.69, 9.17) is 0 Å². The number of aliphatic carboxylic acids is 1. The minimum absolute atomic E-state index is 0.103. The zero-order valence-corrected chi connectivity index (χ0v) is 10.5. The Morgan fingerprint density at radius 1 is 1.16 bits per heavy atom. The van der Waals surface area contributed by atoms with Gasteiger partial charge >= 0.3 is 0 Å². The number of carboxylic acid groups (broad SMARTS) is 1. The van der Waals surface area contributed by atoms with E-state index >= 15 is 0 Å². The van der Waals surface area contributed by atoms with Crippen molar-refractivity contribution < 1.29 is 19.5 Å². The number of amides is 2. The standard InChI is InChI=1S/C13H14N2O4/c1-9(16)15(2)11-5-3-10(4-6-11)14-12(17)7-8-13(18)19/h3-8H,1-2H3,(H,14,17)(H,18,19)/p-1. The number of rotatable bonds is 4. The lowest BCUT2D eigenvalue weighted by Gasteiger charge is -2.15. The molecule has 2 amide bonds. The maximum atomic E-state index is 11.3. The quantitative estimate of drug-likeness (QED) is 0.767. The summed E-state index contributed by atoms with van der Waals surface area (Å²) in [5.41, 5.74) is 1.18. The first kappa shape index (κ1) is 14.4. The molecular formula is C13H13N2O4-. The number of benzene rings is 1. The molecule has 0 radical (unpaired) electrons. The molecule has 0 aliphatic rings. The largest absolute Gasteiger partial charge is 0.545 e. The van der Waals surface area contributed by atoms with Crippen molar-refractivity contribution in [3.8, 4) is 0 Å². The van der Waals surface area contributed by atoms with Crippen LogP contribution in [0.5, 0.6) is 0 Å². The molecule has 0 aliphatic carbocycles. The molecule has 100 valence electrons. The first-order valence-electron chi connectivity index (χ1n) is 5.44. The maximum Gasteiger partial charge on any atom is 0.248 e. The summed E-state index contributed by atoms with van der Waals surface area (Å²) in [4.78, 5) is 34.0. The van der Waals surface area contributed by atoms with Gasteiger partial charge < -0.3 is 20.1 Å². The highest BCUT2D eigenvalue weighted by Gasteiger charge is 2.05. The molecular weight excluding hydrogens is 248 g/mol. The van der Waals surface area contributed by atoms with Gasteiger partial charge in [-0.15, -0.1) is 0 Å². The molecule has 0 fully saturated rings. The fourth-order valence-electron chi connectivity index (χ4n) is 1.28. The minimum atomic E-state index is -1.44. The summed E-state index contributed by atoms with van der Waals surface area (Å²) in [6, 6.07) is 6.55. The van der Waals surface area contributed by atoms with Crippen molar-refractivity contribution in [1.82, 2.24) is 0 Å². The van der Waals surface area contributed by atoms with Gasteiger partial charge in [0, 0.05) is 31.4 Å². The van der Waals surface area contributed by atoms with Gasteiger partial charge in [0.1, 0.15) is 0 Å². The fraction of sp³-hybridized carbons (Fsp3) is 0.154. The zero-order chi connectivity index (χ0) is 14.4. The van der Waals surface area contributed by atoms with Crippen LogP contribution in [0.4, 0.5) is 11.4 Å². The summed E-state index contributed by atoms with van der Waals surface area (Å²) < 4.78 is 0. The summed E-state index contributed by atoms with van der Waals surface area (Å²) in [5, 5.41) is 12.6. The molecule has 0 saturated carbocycles. The number of nitrogens with zero attached hydrogens (tertiary/aromatic N) is 1. The van der Waals surface area contributed by atoms with Crippen molar-refractivity contribution in [2.75, 3.05) is 17.3 Å². The van der Waals surface area contributed by atoms with E-state index in [-0.39, 0.29) is 5.91 Å². The highest BCUT2D eigenvalue weighted by molar-refractivity contribution is 6.02. The van der Waals surface area contributed by atoms with Gasteiger partial charge in [0.25, 0.3) is 0 Å². The molecule has 0 unspecified atom stereocenters. The monoisotopic (exact) mass is 261 g/mol. The lowest BCUT2D eigenvalue weighted by Crippen LogP contribution is -2.22. The van der Waals surface area contributed by atoms with E-state index in [0.717, 1.165) is 6.08 Å². The maximum absolute atomic E-state index is 11.3. The molecule has 0 aromatic heterocycles. The van der Waals surface area contributed by atoms with E-state index < -0.39 is 11.9 Å². The highest BCUT2D eigenvalue weighted by Crippen LogP contribution is 2.16. The third-order valence-corrected chi connectivity index (χ3v) is 2.37. The van der Waals surface area contributed by atoms with Crippen LogP contribution in [-0.4, -0.2) is 24.8 Å². The summed E-state index contributed by atoms with van der Waals surface area (Å²) in [6.45, 7) is 1.44. The molecule has 0 heterocycles. The molecule has 1 N–H and O–H groups in total. The second-order valence-electron chi connectivity index (χ2n) is 3.77. The van der Waals surface area contributed by atoms with Crippen LogP contribution < -0.4 is 15.3 Å². The van der Waals surface area contributed by atoms with Gasteiger partial charge in [0.15, 0.2) is 0 Å². The highest BCUT2D eigenvalue weighted by atomic mass is 16.4. The van der Waals surface area contributed by atoms with Crippen LogP contribution in [0.25, 0.3) is 0 Å². The number of carbonyl (C=O) groups is 3. The Labute approximate surface area is 110 Å². The molecule has 19 heavy (non-hydrogen) atoms. The van der Waals surface area contributed by atoms with Gasteiger partial charge in [-0.3, -0.25) is 9.59 Å². The molecule has 0 saturated heterocycles. The molecule has 0 atom stereocenters. The van der Waals surface area contributed by atoms with Gasteiger partial charge in [-0.1, -0.05) is 0 Å².